The van der Waals surface area contributed by atoms with Crippen molar-refractivity contribution in [2.45, 2.75) is 75.8 Å². The van der Waals surface area contributed by atoms with Crippen molar-refractivity contribution < 1.29 is 13.7 Å². The molecule has 1 aliphatic heterocycles. The molecule has 1 heterocycles. The minimum absolute atomic E-state index is 0.0964. The lowest BCUT2D eigenvalue weighted by molar-refractivity contribution is -0.0384. The lowest BCUT2D eigenvalue weighted by atomic mass is 9.23. The molecule has 0 amide bonds. The highest BCUT2D eigenvalue weighted by Gasteiger charge is 2.76. The molecule has 1 aromatic rings. The normalized spacial score (nSPS) is 37.6. The smallest absolute Gasteiger partial charge is 0.403 e. The van der Waals surface area contributed by atoms with Crippen LogP contribution in [0.4, 0.5) is 4.39 Å². The van der Waals surface area contributed by atoms with Gasteiger partial charge in [0.25, 0.3) is 0 Å². The van der Waals surface area contributed by atoms with Crippen LogP contribution in [0.3, 0.4) is 0 Å². The largest absolute Gasteiger partial charge is 0.464 e. The Hall–Kier alpha value is -0.865. The van der Waals surface area contributed by atoms with Crippen LogP contribution in [0.25, 0.3) is 0 Å². The molecule has 3 saturated carbocycles. The van der Waals surface area contributed by atoms with Crippen molar-refractivity contribution >= 4 is 7.12 Å². The van der Waals surface area contributed by atoms with Gasteiger partial charge in [-0.15, -0.1) is 0 Å². The minimum atomic E-state index is -0.257. The molecule has 2 bridgehead atoms. The predicted molar refractivity (Wildman–Crippen MR) is 85.4 cm³/mol. The van der Waals surface area contributed by atoms with Crippen molar-refractivity contribution in [3.05, 3.63) is 35.1 Å². The van der Waals surface area contributed by atoms with Crippen molar-refractivity contribution in [1.82, 2.24) is 0 Å². The van der Waals surface area contributed by atoms with Crippen LogP contribution in [-0.2, 0) is 14.7 Å². The Morgan fingerprint density at radius 2 is 1.55 bits per heavy atom. The first-order valence-electron chi connectivity index (χ1n) is 8.22. The first-order valence-corrected chi connectivity index (χ1v) is 8.22. The summed E-state index contributed by atoms with van der Waals surface area (Å²) in [6.07, 6.45) is 3.30. The van der Waals surface area contributed by atoms with Gasteiger partial charge in [-0.25, -0.2) is 4.39 Å². The summed E-state index contributed by atoms with van der Waals surface area (Å²) in [5.74, 6) is -0.115. The van der Waals surface area contributed by atoms with E-state index in [0.29, 0.717) is 0 Å². The van der Waals surface area contributed by atoms with Crippen molar-refractivity contribution in [2.24, 2.45) is 0 Å². The SMILES string of the molecule is Cc1cc(C23CC(B4OC(C)(C)C(C)(C)O4)(C2)C3)ccc1F. The van der Waals surface area contributed by atoms with E-state index in [-0.39, 0.29) is 34.9 Å². The number of hydrogen-bond donors (Lipinski definition) is 0. The molecule has 0 atom stereocenters. The summed E-state index contributed by atoms with van der Waals surface area (Å²) < 4.78 is 26.0. The molecule has 118 valence electrons. The van der Waals surface area contributed by atoms with Gasteiger partial charge in [0.15, 0.2) is 0 Å². The van der Waals surface area contributed by atoms with Gasteiger partial charge >= 0.3 is 7.12 Å². The summed E-state index contributed by atoms with van der Waals surface area (Å²) in [7, 11) is -0.0964. The molecular formula is C18H24BFO2. The van der Waals surface area contributed by atoms with Crippen LogP contribution in [0.1, 0.15) is 58.1 Å². The molecule has 0 N–H and O–H groups in total. The Kier molecular flexibility index (Phi) is 2.65. The second-order valence-corrected chi connectivity index (χ2v) is 8.73. The van der Waals surface area contributed by atoms with Gasteiger partial charge in [0.1, 0.15) is 5.82 Å². The summed E-state index contributed by atoms with van der Waals surface area (Å²) in [5.41, 5.74) is 1.75. The van der Waals surface area contributed by atoms with E-state index in [2.05, 4.69) is 27.7 Å². The van der Waals surface area contributed by atoms with E-state index in [1.54, 1.807) is 6.07 Å². The fourth-order valence-electron chi connectivity index (χ4n) is 4.49. The van der Waals surface area contributed by atoms with E-state index >= 15 is 0 Å². The summed E-state index contributed by atoms with van der Waals surface area (Å²) in [5, 5.41) is 0.174. The molecular weight excluding hydrogens is 278 g/mol. The number of benzene rings is 1. The summed E-state index contributed by atoms with van der Waals surface area (Å²) in [6.45, 7) is 10.3. The Balaban J connectivity index is 1.51. The summed E-state index contributed by atoms with van der Waals surface area (Å²) in [6, 6.07) is 5.57. The molecule has 5 rings (SSSR count). The van der Waals surface area contributed by atoms with Crippen molar-refractivity contribution in [3.63, 3.8) is 0 Å². The lowest BCUT2D eigenvalue weighted by Gasteiger charge is -2.71. The molecule has 0 unspecified atom stereocenters. The molecule has 0 spiro atoms. The lowest BCUT2D eigenvalue weighted by Crippen LogP contribution is -2.66. The summed E-state index contributed by atoms with van der Waals surface area (Å²) in [4.78, 5) is 0. The van der Waals surface area contributed by atoms with Crippen molar-refractivity contribution in [2.75, 3.05) is 0 Å². The van der Waals surface area contributed by atoms with E-state index in [9.17, 15) is 4.39 Å². The van der Waals surface area contributed by atoms with Crippen LogP contribution in [0.2, 0.25) is 5.31 Å². The van der Waals surface area contributed by atoms with Crippen LogP contribution in [0.5, 0.6) is 0 Å². The van der Waals surface area contributed by atoms with Gasteiger partial charge in [-0.3, -0.25) is 0 Å². The zero-order chi connectivity index (χ0) is 16.0. The van der Waals surface area contributed by atoms with Crippen LogP contribution >= 0.6 is 0 Å². The van der Waals surface area contributed by atoms with Crippen LogP contribution in [0.15, 0.2) is 18.2 Å². The Bertz CT molecular complexity index is 617. The Labute approximate surface area is 132 Å². The second kappa shape index (κ2) is 3.96. The zero-order valence-corrected chi connectivity index (χ0v) is 14.1. The molecule has 2 nitrogen and oxygen atoms in total. The average Bonchev–Trinajstić information content (AvgIpc) is 2.49. The molecule has 4 fully saturated rings. The number of halogens is 1. The van der Waals surface area contributed by atoms with Gasteiger partial charge in [-0.1, -0.05) is 12.1 Å². The molecule has 4 heteroatoms. The number of rotatable bonds is 2. The van der Waals surface area contributed by atoms with E-state index in [0.717, 1.165) is 24.8 Å². The van der Waals surface area contributed by atoms with Gasteiger partial charge in [-0.2, -0.15) is 0 Å². The molecule has 0 radical (unpaired) electrons. The Morgan fingerprint density at radius 3 is 2.05 bits per heavy atom. The monoisotopic (exact) mass is 302 g/mol. The van der Waals surface area contributed by atoms with Crippen LogP contribution in [-0.4, -0.2) is 18.3 Å². The highest BCUT2D eigenvalue weighted by molar-refractivity contribution is 6.51. The van der Waals surface area contributed by atoms with E-state index in [4.69, 9.17) is 9.31 Å². The quantitative estimate of drug-likeness (QED) is 0.754. The van der Waals surface area contributed by atoms with Crippen LogP contribution in [0, 0.1) is 12.7 Å². The van der Waals surface area contributed by atoms with Crippen LogP contribution < -0.4 is 0 Å². The van der Waals surface area contributed by atoms with Gasteiger partial charge < -0.3 is 9.31 Å². The van der Waals surface area contributed by atoms with Crippen molar-refractivity contribution in [3.8, 4) is 0 Å². The van der Waals surface area contributed by atoms with Gasteiger partial charge in [0.2, 0.25) is 0 Å². The van der Waals surface area contributed by atoms with E-state index < -0.39 is 0 Å². The van der Waals surface area contributed by atoms with E-state index in [1.807, 2.05) is 19.1 Å². The molecule has 22 heavy (non-hydrogen) atoms. The maximum atomic E-state index is 13.5. The number of hydrogen-bond acceptors (Lipinski definition) is 2. The molecule has 3 aliphatic carbocycles. The maximum absolute atomic E-state index is 13.5. The number of aryl methyl sites for hydroxylation is 1. The first kappa shape index (κ1) is 14.7. The first-order chi connectivity index (χ1) is 10.1. The maximum Gasteiger partial charge on any atom is 0.464 e. The second-order valence-electron chi connectivity index (χ2n) is 8.73. The zero-order valence-electron chi connectivity index (χ0n) is 14.1. The highest BCUT2D eigenvalue weighted by atomic mass is 19.1. The van der Waals surface area contributed by atoms with Gasteiger partial charge in [0.05, 0.1) is 11.2 Å². The van der Waals surface area contributed by atoms with Crippen molar-refractivity contribution in [1.29, 1.82) is 0 Å². The molecule has 1 aromatic carbocycles. The predicted octanol–water partition coefficient (Wildman–Crippen LogP) is 4.40. The molecule has 1 saturated heterocycles. The third-order valence-electron chi connectivity index (χ3n) is 6.59. The van der Waals surface area contributed by atoms with E-state index in [1.165, 1.54) is 5.56 Å². The third kappa shape index (κ3) is 1.68. The topological polar surface area (TPSA) is 18.5 Å². The molecule has 4 aliphatic rings. The van der Waals surface area contributed by atoms with Gasteiger partial charge in [-0.05, 0) is 76.5 Å². The standard InChI is InChI=1S/C18H24BFO2/c1-12-8-13(6-7-14(12)20)17-9-18(10-17,11-17)19-21-15(2,3)16(4,5)22-19/h6-8H,9-11H2,1-5H3. The molecule has 0 aromatic heterocycles. The third-order valence-corrected chi connectivity index (χ3v) is 6.59. The Morgan fingerprint density at radius 1 is 1.00 bits per heavy atom. The minimum Gasteiger partial charge on any atom is -0.403 e. The fourth-order valence-corrected chi connectivity index (χ4v) is 4.49. The average molecular weight is 302 g/mol. The fraction of sp³-hybridized carbons (Fsp3) is 0.667. The van der Waals surface area contributed by atoms with Gasteiger partial charge in [0, 0.05) is 5.31 Å². The highest BCUT2D eigenvalue weighted by Crippen LogP contribution is 2.80. The summed E-state index contributed by atoms with van der Waals surface area (Å²) >= 11 is 0.